The van der Waals surface area contributed by atoms with Crippen LogP contribution in [0.1, 0.15) is 89.9 Å². The van der Waals surface area contributed by atoms with Gasteiger partial charge >= 0.3 is 0 Å². The number of carbonyl (C=O) groups excluding carboxylic acids is 1. The van der Waals surface area contributed by atoms with Crippen LogP contribution >= 0.6 is 12.6 Å². The number of hydrogen-bond donors (Lipinski definition) is 3. The molecule has 0 fully saturated rings. The third kappa shape index (κ3) is 45.4. The molecular weight excluding hydrogens is 654 g/mol. The number of ether oxygens (including phenoxy) is 9. The van der Waals surface area contributed by atoms with Gasteiger partial charge in [0.25, 0.3) is 0 Å². The number of thiol groups is 1. The number of carbonyl (C=O) groups is 1. The Labute approximate surface area is 303 Å². The molecule has 1 amide bonds. The lowest BCUT2D eigenvalue weighted by atomic mass is 10.0. The van der Waals surface area contributed by atoms with Crippen molar-refractivity contribution in [2.45, 2.75) is 89.9 Å². The van der Waals surface area contributed by atoms with Gasteiger partial charge in [-0.3, -0.25) is 4.79 Å². The maximum absolute atomic E-state index is 12.0. The van der Waals surface area contributed by atoms with Gasteiger partial charge in [-0.25, -0.2) is 0 Å². The van der Waals surface area contributed by atoms with E-state index in [2.05, 4.69) is 17.9 Å². The lowest BCUT2D eigenvalue weighted by Gasteiger charge is -2.09. The summed E-state index contributed by atoms with van der Waals surface area (Å²) in [6, 6.07) is 0. The molecule has 0 unspecified atom stereocenters. The van der Waals surface area contributed by atoms with Gasteiger partial charge in [0.05, 0.1) is 126 Å². The normalized spacial score (nSPS) is 11.5. The minimum atomic E-state index is 0.0254. The predicted molar refractivity (Wildman–Crippen MR) is 196 cm³/mol. The van der Waals surface area contributed by atoms with Crippen LogP contribution in [0.3, 0.4) is 0 Å². The lowest BCUT2D eigenvalue weighted by Crippen LogP contribution is -2.27. The smallest absolute Gasteiger partial charge is 0.220 e. The van der Waals surface area contributed by atoms with E-state index in [0.29, 0.717) is 132 Å². The number of rotatable bonds is 44. The molecule has 0 aliphatic carbocycles. The van der Waals surface area contributed by atoms with Crippen molar-refractivity contribution >= 4 is 18.5 Å². The topological polar surface area (TPSA) is 132 Å². The highest BCUT2D eigenvalue weighted by Gasteiger charge is 2.01. The Kier molecular flexibility index (Phi) is 44.9. The fourth-order valence-electron chi connectivity index (χ4n) is 4.62. The number of nitrogens with one attached hydrogen (secondary N) is 1. The van der Waals surface area contributed by atoms with Gasteiger partial charge in [0.2, 0.25) is 5.91 Å². The Morgan fingerprint density at radius 3 is 0.959 bits per heavy atom. The van der Waals surface area contributed by atoms with Crippen LogP contribution in [0.4, 0.5) is 0 Å². The molecule has 0 aromatic rings. The maximum Gasteiger partial charge on any atom is 0.220 e. The maximum atomic E-state index is 12.0. The molecule has 0 aliphatic rings. The van der Waals surface area contributed by atoms with Crippen molar-refractivity contribution in [3.05, 3.63) is 0 Å². The van der Waals surface area contributed by atoms with Gasteiger partial charge in [-0.1, -0.05) is 70.6 Å². The standard InChI is InChI=1S/C36H73NO11S/c38-16-18-41-20-22-43-24-26-45-28-30-47-32-34-48-33-31-46-29-27-44-25-23-42-21-19-40-17-15-37-36(39)14-12-10-8-6-4-2-1-3-5-7-9-11-13-35-49/h38,49H,1-35H2,(H,37,39). The van der Waals surface area contributed by atoms with Crippen LogP contribution in [-0.4, -0.2) is 149 Å². The molecule has 0 spiro atoms. The van der Waals surface area contributed by atoms with Gasteiger partial charge < -0.3 is 53.1 Å². The number of hydrogen-bond acceptors (Lipinski definition) is 12. The van der Waals surface area contributed by atoms with E-state index in [1.807, 2.05) is 0 Å². The van der Waals surface area contributed by atoms with Crippen molar-refractivity contribution in [3.8, 4) is 0 Å². The molecule has 0 rings (SSSR count). The molecule has 0 saturated carbocycles. The van der Waals surface area contributed by atoms with Gasteiger partial charge in [0, 0.05) is 13.0 Å². The SMILES string of the molecule is O=C(CCCCCCCCCCCCCCCS)NCCOCCOCCOCCOCCOCCOCCOCCOCCOCCO. The first-order chi connectivity index (χ1) is 24.3. The van der Waals surface area contributed by atoms with Crippen molar-refractivity contribution in [1.29, 1.82) is 0 Å². The largest absolute Gasteiger partial charge is 0.394 e. The molecule has 2 N–H and O–H groups in total. The summed E-state index contributed by atoms with van der Waals surface area (Å²) in [7, 11) is 0. The molecule has 0 saturated heterocycles. The molecule has 13 heteroatoms. The van der Waals surface area contributed by atoms with Gasteiger partial charge in [-0.2, -0.15) is 12.6 Å². The zero-order valence-electron chi connectivity index (χ0n) is 30.7. The van der Waals surface area contributed by atoms with E-state index in [0.717, 1.165) is 18.6 Å². The highest BCUT2D eigenvalue weighted by Crippen LogP contribution is 2.13. The molecule has 0 atom stereocenters. The van der Waals surface area contributed by atoms with Crippen molar-refractivity contribution < 1.29 is 52.5 Å². The number of aliphatic hydroxyl groups excluding tert-OH is 1. The van der Waals surface area contributed by atoms with Crippen molar-refractivity contribution in [2.24, 2.45) is 0 Å². The quantitative estimate of drug-likeness (QED) is 0.0600. The fourth-order valence-corrected chi connectivity index (χ4v) is 4.84. The Bertz CT molecular complexity index is 626. The molecule has 0 heterocycles. The van der Waals surface area contributed by atoms with E-state index < -0.39 is 0 Å². The molecular formula is C36H73NO11S. The molecule has 0 bridgehead atoms. The highest BCUT2D eigenvalue weighted by atomic mass is 32.1. The lowest BCUT2D eigenvalue weighted by molar-refractivity contribution is -0.121. The first kappa shape index (κ1) is 48.4. The summed E-state index contributed by atoms with van der Waals surface area (Å²) < 4.78 is 48.7. The third-order valence-corrected chi connectivity index (χ3v) is 7.66. The number of unbranched alkanes of at least 4 members (excludes halogenated alkanes) is 12. The van der Waals surface area contributed by atoms with Crippen LogP contribution in [0.5, 0.6) is 0 Å². The minimum Gasteiger partial charge on any atom is -0.394 e. The van der Waals surface area contributed by atoms with E-state index in [9.17, 15) is 4.79 Å². The Morgan fingerprint density at radius 1 is 0.388 bits per heavy atom. The van der Waals surface area contributed by atoms with E-state index in [1.165, 1.54) is 70.6 Å². The first-order valence-corrected chi connectivity index (χ1v) is 19.6. The van der Waals surface area contributed by atoms with Crippen LogP contribution in [0.25, 0.3) is 0 Å². The second-order valence-electron chi connectivity index (χ2n) is 11.7. The first-order valence-electron chi connectivity index (χ1n) is 19.0. The van der Waals surface area contributed by atoms with Gasteiger partial charge in [0.15, 0.2) is 0 Å². The van der Waals surface area contributed by atoms with Gasteiger partial charge in [-0.15, -0.1) is 0 Å². The number of amides is 1. The molecule has 294 valence electrons. The third-order valence-electron chi connectivity index (χ3n) is 7.34. The van der Waals surface area contributed by atoms with E-state index in [-0.39, 0.29) is 12.5 Å². The second kappa shape index (κ2) is 45.4. The average molecular weight is 728 g/mol. The van der Waals surface area contributed by atoms with Crippen LogP contribution < -0.4 is 5.32 Å². The minimum absolute atomic E-state index is 0.0254. The average Bonchev–Trinajstić information content (AvgIpc) is 3.11. The van der Waals surface area contributed by atoms with Crippen LogP contribution in [0.15, 0.2) is 0 Å². The van der Waals surface area contributed by atoms with Gasteiger partial charge in [0.1, 0.15) is 0 Å². The molecule has 0 aromatic heterocycles. The Morgan fingerprint density at radius 2 is 0.653 bits per heavy atom. The van der Waals surface area contributed by atoms with Crippen LogP contribution in [0.2, 0.25) is 0 Å². The molecule has 0 aromatic carbocycles. The summed E-state index contributed by atoms with van der Waals surface area (Å²) in [6.07, 6.45) is 17.4. The summed E-state index contributed by atoms with van der Waals surface area (Å²) in [5, 5.41) is 11.5. The summed E-state index contributed by atoms with van der Waals surface area (Å²) >= 11 is 4.26. The zero-order chi connectivity index (χ0) is 35.4. The van der Waals surface area contributed by atoms with E-state index in [4.69, 9.17) is 47.7 Å². The zero-order valence-corrected chi connectivity index (χ0v) is 31.6. The monoisotopic (exact) mass is 727 g/mol. The fraction of sp³-hybridized carbons (Fsp3) is 0.972. The summed E-state index contributed by atoms with van der Waals surface area (Å²) in [5.74, 6) is 1.14. The van der Waals surface area contributed by atoms with E-state index >= 15 is 0 Å². The van der Waals surface area contributed by atoms with Crippen molar-refractivity contribution in [2.75, 3.05) is 138 Å². The molecule has 0 aliphatic heterocycles. The molecule has 0 radical (unpaired) electrons. The van der Waals surface area contributed by atoms with Crippen molar-refractivity contribution in [1.82, 2.24) is 5.32 Å². The second-order valence-corrected chi connectivity index (χ2v) is 12.1. The van der Waals surface area contributed by atoms with Crippen molar-refractivity contribution in [3.63, 3.8) is 0 Å². The van der Waals surface area contributed by atoms with E-state index in [1.54, 1.807) is 0 Å². The number of aliphatic hydroxyl groups is 1. The molecule has 49 heavy (non-hydrogen) atoms. The summed E-state index contributed by atoms with van der Waals surface area (Å²) in [4.78, 5) is 12.0. The summed E-state index contributed by atoms with van der Waals surface area (Å²) in [5.41, 5.74) is 0. The van der Waals surface area contributed by atoms with Gasteiger partial charge in [-0.05, 0) is 18.6 Å². The van der Waals surface area contributed by atoms with Crippen LogP contribution in [0, 0.1) is 0 Å². The Balaban J connectivity index is 3.12. The molecule has 12 nitrogen and oxygen atoms in total. The summed E-state index contributed by atoms with van der Waals surface area (Å²) in [6.45, 7) is 9.39. The van der Waals surface area contributed by atoms with Crippen LogP contribution in [-0.2, 0) is 47.4 Å². The predicted octanol–water partition coefficient (Wildman–Crippen LogP) is 4.64. The highest BCUT2D eigenvalue weighted by molar-refractivity contribution is 7.80. The Hall–Kier alpha value is -0.580.